The smallest absolute Gasteiger partial charge is 0.118 e. The van der Waals surface area contributed by atoms with E-state index in [4.69, 9.17) is 0 Å². The van der Waals surface area contributed by atoms with Crippen LogP contribution in [0.3, 0.4) is 0 Å². The molecule has 0 amide bonds. The highest BCUT2D eigenvalue weighted by molar-refractivity contribution is 14.1. The number of aryl methyl sites for hydroxylation is 1. The summed E-state index contributed by atoms with van der Waals surface area (Å²) in [5.41, 5.74) is 5.74. The number of hydrogen-bond acceptors (Lipinski definition) is 3. The molecule has 0 N–H and O–H groups in total. The summed E-state index contributed by atoms with van der Waals surface area (Å²) in [5, 5.41) is 0. The van der Waals surface area contributed by atoms with Gasteiger partial charge in [0.2, 0.25) is 0 Å². The molecule has 1 aromatic heterocycles. The second-order valence-corrected chi connectivity index (χ2v) is 5.55. The van der Waals surface area contributed by atoms with E-state index in [1.807, 2.05) is 6.07 Å². The first-order valence-corrected chi connectivity index (χ1v) is 7.05. The fourth-order valence-electron chi connectivity index (χ4n) is 1.94. The summed E-state index contributed by atoms with van der Waals surface area (Å²) in [5.74, 6) is 0. The summed E-state index contributed by atoms with van der Waals surface area (Å²) in [6, 6.07) is 12.6. The monoisotopic (exact) mass is 352 g/mol. The van der Waals surface area contributed by atoms with Crippen LogP contribution in [0.25, 0.3) is 22.2 Å². The fraction of sp³-hybridized carbons (Fsp3) is 0.0769. The van der Waals surface area contributed by atoms with E-state index in [-0.39, 0.29) is 0 Å². The number of aromatic nitrogens is 2. The zero-order chi connectivity index (χ0) is 11.8. The molecule has 0 radical (unpaired) electrons. The first-order chi connectivity index (χ1) is 8.27. The van der Waals surface area contributed by atoms with Gasteiger partial charge in [0.1, 0.15) is 11.0 Å². The number of halogens is 1. The third-order valence-electron chi connectivity index (χ3n) is 2.83. The van der Waals surface area contributed by atoms with Gasteiger partial charge in [0.25, 0.3) is 0 Å². The van der Waals surface area contributed by atoms with Crippen molar-refractivity contribution in [2.24, 2.45) is 0 Å². The summed E-state index contributed by atoms with van der Waals surface area (Å²) in [6.45, 7) is 2.11. The Labute approximate surface area is 117 Å². The van der Waals surface area contributed by atoms with Crippen LogP contribution >= 0.6 is 34.3 Å². The second kappa shape index (κ2) is 4.34. The zero-order valence-corrected chi connectivity index (χ0v) is 12.1. The fourth-order valence-corrected chi connectivity index (χ4v) is 3.40. The van der Waals surface area contributed by atoms with Crippen LogP contribution in [-0.2, 0) is 0 Å². The van der Waals surface area contributed by atoms with Crippen molar-refractivity contribution < 1.29 is 0 Å². The molecule has 84 valence electrons. The lowest BCUT2D eigenvalue weighted by Gasteiger charge is -2.07. The van der Waals surface area contributed by atoms with Crippen molar-refractivity contribution in [1.82, 2.24) is 8.75 Å². The Balaban J connectivity index is 2.34. The molecule has 0 aliphatic carbocycles. The Morgan fingerprint density at radius 1 is 1.06 bits per heavy atom. The van der Waals surface area contributed by atoms with Crippen molar-refractivity contribution in [2.45, 2.75) is 6.92 Å². The molecule has 2 aromatic carbocycles. The maximum absolute atomic E-state index is 4.39. The maximum Gasteiger partial charge on any atom is 0.118 e. The first kappa shape index (κ1) is 11.1. The largest absolute Gasteiger partial charge is 0.173 e. The molecule has 3 rings (SSSR count). The number of benzene rings is 2. The molecule has 0 unspecified atom stereocenters. The number of fused-ring (bicyclic) bond motifs is 1. The maximum atomic E-state index is 4.39. The highest BCUT2D eigenvalue weighted by atomic mass is 127. The van der Waals surface area contributed by atoms with Crippen molar-refractivity contribution in [3.05, 3.63) is 45.5 Å². The van der Waals surface area contributed by atoms with Crippen molar-refractivity contribution >= 4 is 45.4 Å². The van der Waals surface area contributed by atoms with E-state index >= 15 is 0 Å². The number of hydrogen-bond donors (Lipinski definition) is 0. The van der Waals surface area contributed by atoms with E-state index in [0.29, 0.717) is 0 Å². The van der Waals surface area contributed by atoms with E-state index in [2.05, 4.69) is 68.6 Å². The van der Waals surface area contributed by atoms with Crippen LogP contribution in [0.4, 0.5) is 0 Å². The Morgan fingerprint density at radius 3 is 2.53 bits per heavy atom. The molecule has 0 aliphatic heterocycles. The van der Waals surface area contributed by atoms with Crippen LogP contribution in [0.5, 0.6) is 0 Å². The molecule has 0 saturated carbocycles. The predicted molar refractivity (Wildman–Crippen MR) is 80.3 cm³/mol. The highest BCUT2D eigenvalue weighted by Gasteiger charge is 2.12. The van der Waals surface area contributed by atoms with E-state index in [0.717, 1.165) is 14.6 Å². The Bertz CT molecular complexity index is 676. The lowest BCUT2D eigenvalue weighted by Crippen LogP contribution is -1.88. The van der Waals surface area contributed by atoms with E-state index < -0.39 is 0 Å². The standard InChI is InChI=1S/C13H9IN2S/c1-8-10(9-5-3-2-4-6-9)7-11(14)13-12(8)15-17-16-13/h2-7H,1H3. The molecule has 0 fully saturated rings. The first-order valence-electron chi connectivity index (χ1n) is 5.24. The highest BCUT2D eigenvalue weighted by Crippen LogP contribution is 2.31. The molecule has 2 nitrogen and oxygen atoms in total. The Hall–Kier alpha value is -1.01. The average molecular weight is 352 g/mol. The van der Waals surface area contributed by atoms with Gasteiger partial charge in [-0.05, 0) is 52.3 Å². The van der Waals surface area contributed by atoms with Gasteiger partial charge in [-0.15, -0.1) is 0 Å². The van der Waals surface area contributed by atoms with Gasteiger partial charge in [0.15, 0.2) is 0 Å². The third kappa shape index (κ3) is 1.85. The van der Waals surface area contributed by atoms with Crippen LogP contribution in [0, 0.1) is 10.5 Å². The van der Waals surface area contributed by atoms with Gasteiger partial charge >= 0.3 is 0 Å². The van der Waals surface area contributed by atoms with Gasteiger partial charge in [0.05, 0.1) is 11.7 Å². The Kier molecular flexibility index (Phi) is 2.84. The summed E-state index contributed by atoms with van der Waals surface area (Å²) in [6.07, 6.45) is 0. The molecule has 0 atom stereocenters. The quantitative estimate of drug-likeness (QED) is 0.612. The van der Waals surface area contributed by atoms with Gasteiger partial charge in [-0.25, -0.2) is 0 Å². The molecular formula is C13H9IN2S. The van der Waals surface area contributed by atoms with Crippen molar-refractivity contribution in [3.63, 3.8) is 0 Å². The zero-order valence-electron chi connectivity index (χ0n) is 9.14. The van der Waals surface area contributed by atoms with Crippen molar-refractivity contribution in [2.75, 3.05) is 0 Å². The van der Waals surface area contributed by atoms with E-state index in [1.54, 1.807) is 0 Å². The summed E-state index contributed by atoms with van der Waals surface area (Å²) < 4.78 is 9.89. The molecule has 3 aromatic rings. The second-order valence-electron chi connectivity index (χ2n) is 3.86. The van der Waals surface area contributed by atoms with Gasteiger partial charge in [-0.2, -0.15) is 8.75 Å². The van der Waals surface area contributed by atoms with Crippen molar-refractivity contribution in [1.29, 1.82) is 0 Å². The molecule has 0 bridgehead atoms. The van der Waals surface area contributed by atoms with Crippen LogP contribution < -0.4 is 0 Å². The molecule has 4 heteroatoms. The molecule has 0 spiro atoms. The molecule has 0 saturated heterocycles. The van der Waals surface area contributed by atoms with E-state index in [9.17, 15) is 0 Å². The van der Waals surface area contributed by atoms with E-state index in [1.165, 1.54) is 28.4 Å². The lowest BCUT2D eigenvalue weighted by atomic mass is 9.99. The summed E-state index contributed by atoms with van der Waals surface area (Å²) >= 11 is 3.61. The van der Waals surface area contributed by atoms with Gasteiger partial charge < -0.3 is 0 Å². The number of nitrogens with zero attached hydrogens (tertiary/aromatic N) is 2. The minimum atomic E-state index is 1.02. The van der Waals surface area contributed by atoms with Crippen LogP contribution in [0.1, 0.15) is 5.56 Å². The molecule has 17 heavy (non-hydrogen) atoms. The molecular weight excluding hydrogens is 343 g/mol. The average Bonchev–Trinajstić information content (AvgIpc) is 2.85. The SMILES string of the molecule is Cc1c(-c2ccccc2)cc(I)c2nsnc12. The normalized spacial score (nSPS) is 10.9. The topological polar surface area (TPSA) is 25.8 Å². The van der Waals surface area contributed by atoms with Gasteiger partial charge in [-0.3, -0.25) is 0 Å². The third-order valence-corrected chi connectivity index (χ3v) is 4.18. The summed E-state index contributed by atoms with van der Waals surface area (Å²) in [7, 11) is 0. The van der Waals surface area contributed by atoms with Crippen LogP contribution in [0.2, 0.25) is 0 Å². The minimum Gasteiger partial charge on any atom is -0.173 e. The minimum absolute atomic E-state index is 1.02. The Morgan fingerprint density at radius 2 is 1.76 bits per heavy atom. The lowest BCUT2D eigenvalue weighted by molar-refractivity contribution is 1.46. The number of rotatable bonds is 1. The van der Waals surface area contributed by atoms with Crippen LogP contribution in [0.15, 0.2) is 36.4 Å². The van der Waals surface area contributed by atoms with Gasteiger partial charge in [0, 0.05) is 3.57 Å². The van der Waals surface area contributed by atoms with Crippen LogP contribution in [-0.4, -0.2) is 8.75 Å². The molecule has 0 aliphatic rings. The summed E-state index contributed by atoms with van der Waals surface area (Å²) in [4.78, 5) is 0. The van der Waals surface area contributed by atoms with Gasteiger partial charge in [-0.1, -0.05) is 30.3 Å². The van der Waals surface area contributed by atoms with Crippen molar-refractivity contribution in [3.8, 4) is 11.1 Å². The molecule has 1 heterocycles. The predicted octanol–water partition coefficient (Wildman–Crippen LogP) is 4.27.